The summed E-state index contributed by atoms with van der Waals surface area (Å²) in [5, 5.41) is 0. The zero-order valence-corrected chi connectivity index (χ0v) is 13.3. The highest BCUT2D eigenvalue weighted by atomic mass is 32.2. The predicted molar refractivity (Wildman–Crippen MR) is 92.2 cm³/mol. The van der Waals surface area contributed by atoms with Crippen LogP contribution in [0.4, 0.5) is 0 Å². The predicted octanol–water partition coefficient (Wildman–Crippen LogP) is 4.16. The first-order valence-electron chi connectivity index (χ1n) is 7.48. The molecule has 0 aromatic heterocycles. The molecule has 0 unspecified atom stereocenters. The van der Waals surface area contributed by atoms with Crippen LogP contribution in [0.2, 0.25) is 0 Å². The molecule has 2 nitrogen and oxygen atoms in total. The molecule has 3 heteroatoms. The maximum Gasteiger partial charge on any atom is 0.255 e. The van der Waals surface area contributed by atoms with Gasteiger partial charge in [0.25, 0.3) is 5.91 Å². The Morgan fingerprint density at radius 2 is 1.86 bits per heavy atom. The fourth-order valence-electron chi connectivity index (χ4n) is 2.76. The van der Waals surface area contributed by atoms with E-state index in [9.17, 15) is 4.79 Å². The van der Waals surface area contributed by atoms with Gasteiger partial charge >= 0.3 is 0 Å². The Labute approximate surface area is 135 Å². The van der Waals surface area contributed by atoms with Gasteiger partial charge in [0.05, 0.1) is 5.56 Å². The molecule has 2 aromatic carbocycles. The number of hydrogen-bond donors (Lipinski definition) is 0. The van der Waals surface area contributed by atoms with E-state index in [0.29, 0.717) is 6.54 Å². The molecule has 112 valence electrons. The van der Waals surface area contributed by atoms with Crippen LogP contribution in [0.1, 0.15) is 21.5 Å². The third-order valence-corrected chi connectivity index (χ3v) is 4.96. The van der Waals surface area contributed by atoms with Crippen LogP contribution in [0.5, 0.6) is 0 Å². The maximum atomic E-state index is 12.9. The third kappa shape index (κ3) is 3.09. The first kappa shape index (κ1) is 14.9. The zero-order valence-electron chi connectivity index (χ0n) is 12.5. The van der Waals surface area contributed by atoms with Crippen molar-refractivity contribution in [1.29, 1.82) is 0 Å². The Morgan fingerprint density at radius 1 is 1.14 bits per heavy atom. The monoisotopic (exact) mass is 309 g/mol. The minimum atomic E-state index is 0.127. The average Bonchev–Trinajstić information content (AvgIpc) is 2.59. The summed E-state index contributed by atoms with van der Waals surface area (Å²) in [5.41, 5.74) is 3.42. The van der Waals surface area contributed by atoms with Crippen LogP contribution in [0.3, 0.4) is 0 Å². The highest BCUT2D eigenvalue weighted by Gasteiger charge is 2.23. The summed E-state index contributed by atoms with van der Waals surface area (Å²) in [7, 11) is 0. The molecule has 1 amide bonds. The van der Waals surface area contributed by atoms with Crippen molar-refractivity contribution in [1.82, 2.24) is 4.90 Å². The van der Waals surface area contributed by atoms with E-state index in [-0.39, 0.29) is 5.91 Å². The Kier molecular flexibility index (Phi) is 4.64. The number of fused-ring (bicyclic) bond motifs is 1. The molecule has 0 saturated heterocycles. The molecule has 0 N–H and O–H groups in total. The lowest BCUT2D eigenvalue weighted by Crippen LogP contribution is -2.36. The molecule has 22 heavy (non-hydrogen) atoms. The van der Waals surface area contributed by atoms with Gasteiger partial charge in [-0.2, -0.15) is 0 Å². The Hall–Kier alpha value is -2.00. The molecule has 0 bridgehead atoms. The van der Waals surface area contributed by atoms with Gasteiger partial charge in [-0.1, -0.05) is 42.5 Å². The number of carbonyl (C=O) groups is 1. The second-order valence-corrected chi connectivity index (χ2v) is 6.40. The zero-order chi connectivity index (χ0) is 15.4. The molecule has 0 atom stereocenters. The van der Waals surface area contributed by atoms with E-state index in [0.717, 1.165) is 29.2 Å². The smallest absolute Gasteiger partial charge is 0.255 e. The maximum absolute atomic E-state index is 12.9. The van der Waals surface area contributed by atoms with E-state index in [1.54, 1.807) is 11.8 Å². The van der Waals surface area contributed by atoms with Gasteiger partial charge in [0, 0.05) is 23.7 Å². The molecule has 0 spiro atoms. The van der Waals surface area contributed by atoms with E-state index >= 15 is 0 Å². The largest absolute Gasteiger partial charge is 0.334 e. The van der Waals surface area contributed by atoms with Crippen molar-refractivity contribution in [3.05, 3.63) is 77.9 Å². The molecular weight excluding hydrogens is 290 g/mol. The van der Waals surface area contributed by atoms with E-state index in [2.05, 4.69) is 24.8 Å². The summed E-state index contributed by atoms with van der Waals surface area (Å²) in [6.45, 7) is 5.24. The number of benzene rings is 2. The molecule has 0 aliphatic carbocycles. The van der Waals surface area contributed by atoms with E-state index in [1.807, 2.05) is 41.3 Å². The van der Waals surface area contributed by atoms with Crippen molar-refractivity contribution in [2.45, 2.75) is 17.9 Å². The molecule has 2 aromatic rings. The number of hydrogen-bond acceptors (Lipinski definition) is 2. The van der Waals surface area contributed by atoms with Crippen LogP contribution in [-0.4, -0.2) is 23.1 Å². The van der Waals surface area contributed by atoms with Crippen molar-refractivity contribution in [3.63, 3.8) is 0 Å². The number of thioether (sulfide) groups is 1. The van der Waals surface area contributed by atoms with Crippen molar-refractivity contribution >= 4 is 17.7 Å². The first-order chi connectivity index (χ1) is 10.8. The topological polar surface area (TPSA) is 20.3 Å². The number of amides is 1. The minimum absolute atomic E-state index is 0.127. The molecule has 0 saturated carbocycles. The third-order valence-electron chi connectivity index (χ3n) is 3.89. The summed E-state index contributed by atoms with van der Waals surface area (Å²) in [6.07, 6.45) is 2.80. The van der Waals surface area contributed by atoms with Crippen molar-refractivity contribution in [3.8, 4) is 0 Å². The second-order valence-electron chi connectivity index (χ2n) is 5.34. The number of carbonyl (C=O) groups excluding carboxylic acids is 1. The van der Waals surface area contributed by atoms with E-state index in [4.69, 9.17) is 0 Å². The molecule has 1 aliphatic rings. The average molecular weight is 309 g/mol. The summed E-state index contributed by atoms with van der Waals surface area (Å²) in [5.74, 6) is 0.939. The molecule has 0 fully saturated rings. The first-order valence-corrected chi connectivity index (χ1v) is 8.47. The fourth-order valence-corrected chi connectivity index (χ4v) is 3.54. The summed E-state index contributed by atoms with van der Waals surface area (Å²) >= 11 is 1.66. The van der Waals surface area contributed by atoms with Gasteiger partial charge in [-0.25, -0.2) is 0 Å². The lowest BCUT2D eigenvalue weighted by Gasteiger charge is -2.29. The standard InChI is InChI=1S/C19H19NOS/c1-2-13-22-18-10-6-5-9-17(18)19(21)20-12-11-15-7-3-4-8-16(15)14-20/h2-10H,1,11-14H2. The van der Waals surface area contributed by atoms with E-state index < -0.39 is 0 Å². The van der Waals surface area contributed by atoms with Crippen LogP contribution in [0, 0.1) is 0 Å². The summed E-state index contributed by atoms with van der Waals surface area (Å²) in [4.78, 5) is 15.9. The summed E-state index contributed by atoms with van der Waals surface area (Å²) in [6, 6.07) is 16.2. The fraction of sp³-hybridized carbons (Fsp3) is 0.211. The Balaban J connectivity index is 1.82. The van der Waals surface area contributed by atoms with Crippen molar-refractivity contribution in [2.75, 3.05) is 12.3 Å². The second kappa shape index (κ2) is 6.84. The van der Waals surface area contributed by atoms with Crippen molar-refractivity contribution < 1.29 is 4.79 Å². The quantitative estimate of drug-likeness (QED) is 0.624. The van der Waals surface area contributed by atoms with Gasteiger partial charge in [0.1, 0.15) is 0 Å². The Morgan fingerprint density at radius 3 is 2.68 bits per heavy atom. The van der Waals surface area contributed by atoms with E-state index in [1.165, 1.54) is 11.1 Å². The lowest BCUT2D eigenvalue weighted by molar-refractivity contribution is 0.0731. The highest BCUT2D eigenvalue weighted by molar-refractivity contribution is 7.99. The van der Waals surface area contributed by atoms with Gasteiger partial charge in [0.15, 0.2) is 0 Å². The van der Waals surface area contributed by atoms with Gasteiger partial charge < -0.3 is 4.90 Å². The lowest BCUT2D eigenvalue weighted by atomic mass is 9.99. The molecule has 3 rings (SSSR count). The van der Waals surface area contributed by atoms with Crippen LogP contribution in [-0.2, 0) is 13.0 Å². The number of rotatable bonds is 4. The van der Waals surface area contributed by atoms with Gasteiger partial charge in [-0.15, -0.1) is 18.3 Å². The SMILES string of the molecule is C=CCSc1ccccc1C(=O)N1CCc2ccccc2C1. The van der Waals surface area contributed by atoms with Crippen LogP contribution < -0.4 is 0 Å². The summed E-state index contributed by atoms with van der Waals surface area (Å²) < 4.78 is 0. The molecule has 0 radical (unpaired) electrons. The van der Waals surface area contributed by atoms with Gasteiger partial charge in [-0.3, -0.25) is 4.79 Å². The highest BCUT2D eigenvalue weighted by Crippen LogP contribution is 2.26. The van der Waals surface area contributed by atoms with Gasteiger partial charge in [-0.05, 0) is 29.7 Å². The minimum Gasteiger partial charge on any atom is -0.334 e. The Bertz CT molecular complexity index is 695. The number of nitrogens with zero attached hydrogens (tertiary/aromatic N) is 1. The van der Waals surface area contributed by atoms with Gasteiger partial charge in [0.2, 0.25) is 0 Å². The van der Waals surface area contributed by atoms with Crippen LogP contribution in [0.15, 0.2) is 66.1 Å². The molecule has 1 aliphatic heterocycles. The molecule has 1 heterocycles. The van der Waals surface area contributed by atoms with Crippen LogP contribution >= 0.6 is 11.8 Å². The van der Waals surface area contributed by atoms with Crippen molar-refractivity contribution in [2.24, 2.45) is 0 Å². The van der Waals surface area contributed by atoms with Crippen LogP contribution in [0.25, 0.3) is 0 Å². The molecular formula is C19H19NOS. The normalized spacial score (nSPS) is 13.5.